The van der Waals surface area contributed by atoms with Crippen LogP contribution >= 0.6 is 0 Å². The van der Waals surface area contributed by atoms with Crippen LogP contribution in [0.3, 0.4) is 0 Å². The molecule has 1 heterocycles. The van der Waals surface area contributed by atoms with E-state index in [-0.39, 0.29) is 6.10 Å². The van der Waals surface area contributed by atoms with E-state index in [1.807, 2.05) is 26.0 Å². The minimum atomic E-state index is -0.679. The SMILES string of the molecule is CC(C)Oc1ccc([C@@](O)(CC[NH+]2CCCCC2)C2CCCCC2)cc1. The Bertz CT molecular complexity index is 530. The largest absolute Gasteiger partial charge is 0.491 e. The Balaban J connectivity index is 1.74. The maximum absolute atomic E-state index is 11.9. The van der Waals surface area contributed by atoms with E-state index in [4.69, 9.17) is 4.74 Å². The van der Waals surface area contributed by atoms with Crippen molar-refractivity contribution in [3.63, 3.8) is 0 Å². The fourth-order valence-electron chi connectivity index (χ4n) is 4.93. The van der Waals surface area contributed by atoms with Crippen LogP contribution in [0.5, 0.6) is 5.75 Å². The Labute approximate surface area is 159 Å². The summed E-state index contributed by atoms with van der Waals surface area (Å²) in [5, 5.41) is 11.9. The van der Waals surface area contributed by atoms with Gasteiger partial charge in [0.2, 0.25) is 0 Å². The molecule has 146 valence electrons. The van der Waals surface area contributed by atoms with Crippen LogP contribution in [0.15, 0.2) is 24.3 Å². The van der Waals surface area contributed by atoms with Crippen LogP contribution in [-0.4, -0.2) is 30.8 Å². The lowest BCUT2D eigenvalue weighted by atomic mass is 9.71. The summed E-state index contributed by atoms with van der Waals surface area (Å²) in [6.45, 7) is 7.75. The smallest absolute Gasteiger partial charge is 0.119 e. The molecule has 0 aromatic heterocycles. The van der Waals surface area contributed by atoms with Crippen molar-refractivity contribution in [3.05, 3.63) is 29.8 Å². The van der Waals surface area contributed by atoms with Crippen molar-refractivity contribution in [1.29, 1.82) is 0 Å². The molecule has 0 radical (unpaired) electrons. The Kier molecular flexibility index (Phi) is 6.99. The summed E-state index contributed by atoms with van der Waals surface area (Å²) < 4.78 is 5.80. The summed E-state index contributed by atoms with van der Waals surface area (Å²) in [6, 6.07) is 8.30. The summed E-state index contributed by atoms with van der Waals surface area (Å²) in [6.07, 6.45) is 11.3. The van der Waals surface area contributed by atoms with E-state index >= 15 is 0 Å². The number of quaternary nitrogens is 1. The summed E-state index contributed by atoms with van der Waals surface area (Å²) >= 11 is 0. The number of benzene rings is 1. The first kappa shape index (κ1) is 19.7. The van der Waals surface area contributed by atoms with E-state index in [0.29, 0.717) is 5.92 Å². The van der Waals surface area contributed by atoms with Crippen LogP contribution in [0.2, 0.25) is 0 Å². The molecule has 1 aromatic carbocycles. The average Bonchev–Trinajstić information content (AvgIpc) is 2.68. The fourth-order valence-corrected chi connectivity index (χ4v) is 4.93. The molecule has 0 amide bonds. The summed E-state index contributed by atoms with van der Waals surface area (Å²) in [5.74, 6) is 1.30. The molecule has 0 spiro atoms. The van der Waals surface area contributed by atoms with E-state index in [1.54, 1.807) is 4.90 Å². The number of hydrogen-bond acceptors (Lipinski definition) is 2. The van der Waals surface area contributed by atoms with E-state index in [1.165, 1.54) is 51.6 Å². The predicted octanol–water partition coefficient (Wildman–Crippen LogP) is 3.70. The number of piperidine rings is 1. The summed E-state index contributed by atoms with van der Waals surface area (Å²) in [7, 11) is 0. The monoisotopic (exact) mass is 360 g/mol. The maximum Gasteiger partial charge on any atom is 0.119 e. The first-order chi connectivity index (χ1) is 12.6. The molecule has 26 heavy (non-hydrogen) atoms. The molecule has 1 aromatic rings. The average molecular weight is 361 g/mol. The van der Waals surface area contributed by atoms with Gasteiger partial charge in [-0.2, -0.15) is 0 Å². The molecule has 0 bridgehead atoms. The van der Waals surface area contributed by atoms with Crippen molar-refractivity contribution in [1.82, 2.24) is 0 Å². The van der Waals surface area contributed by atoms with Gasteiger partial charge in [-0.1, -0.05) is 31.4 Å². The molecule has 3 heteroatoms. The molecular formula is C23H38NO2+. The Morgan fingerprint density at radius 3 is 2.23 bits per heavy atom. The van der Waals surface area contributed by atoms with Gasteiger partial charge in [-0.05, 0) is 69.6 Å². The van der Waals surface area contributed by atoms with Crippen LogP contribution < -0.4 is 9.64 Å². The van der Waals surface area contributed by atoms with Crippen LogP contribution in [0.4, 0.5) is 0 Å². The molecule has 3 nitrogen and oxygen atoms in total. The van der Waals surface area contributed by atoms with E-state index < -0.39 is 5.60 Å². The lowest BCUT2D eigenvalue weighted by Gasteiger charge is -2.40. The van der Waals surface area contributed by atoms with Crippen molar-refractivity contribution in [2.45, 2.75) is 83.3 Å². The number of ether oxygens (including phenoxy) is 1. The molecule has 2 N–H and O–H groups in total. The lowest BCUT2D eigenvalue weighted by Crippen LogP contribution is -3.13. The van der Waals surface area contributed by atoms with E-state index in [2.05, 4.69) is 12.1 Å². The molecular weight excluding hydrogens is 322 g/mol. The zero-order valence-corrected chi connectivity index (χ0v) is 16.8. The van der Waals surface area contributed by atoms with Gasteiger partial charge in [0.25, 0.3) is 0 Å². The second-order valence-corrected chi connectivity index (χ2v) is 8.76. The van der Waals surface area contributed by atoms with Gasteiger partial charge in [0.05, 0.1) is 31.3 Å². The third kappa shape index (κ3) is 5.01. The standard InChI is InChI=1S/C23H37NO2/c1-19(2)26-22-13-11-21(12-14-22)23(25,20-9-5-3-6-10-20)15-18-24-16-7-4-8-17-24/h11-14,19-20,25H,3-10,15-18H2,1-2H3/p+1/t23-/m1/s1. The van der Waals surface area contributed by atoms with Gasteiger partial charge in [-0.25, -0.2) is 0 Å². The quantitative estimate of drug-likeness (QED) is 0.777. The minimum absolute atomic E-state index is 0.181. The van der Waals surface area contributed by atoms with E-state index in [9.17, 15) is 5.11 Å². The zero-order valence-electron chi connectivity index (χ0n) is 16.8. The van der Waals surface area contributed by atoms with Crippen LogP contribution in [0.25, 0.3) is 0 Å². The summed E-state index contributed by atoms with van der Waals surface area (Å²) in [4.78, 5) is 1.69. The predicted molar refractivity (Wildman–Crippen MR) is 107 cm³/mol. The maximum atomic E-state index is 11.9. The minimum Gasteiger partial charge on any atom is -0.491 e. The molecule has 0 unspecified atom stereocenters. The number of likely N-dealkylation sites (tertiary alicyclic amines) is 1. The van der Waals surface area contributed by atoms with Crippen molar-refractivity contribution >= 4 is 0 Å². The van der Waals surface area contributed by atoms with Gasteiger partial charge in [0.1, 0.15) is 5.75 Å². The lowest BCUT2D eigenvalue weighted by molar-refractivity contribution is -0.905. The molecule has 1 aliphatic carbocycles. The summed E-state index contributed by atoms with van der Waals surface area (Å²) in [5.41, 5.74) is 0.415. The van der Waals surface area contributed by atoms with Gasteiger partial charge in [-0.15, -0.1) is 0 Å². The third-order valence-corrected chi connectivity index (χ3v) is 6.43. The topological polar surface area (TPSA) is 33.9 Å². The van der Waals surface area contributed by atoms with Gasteiger partial charge in [0, 0.05) is 6.42 Å². The highest BCUT2D eigenvalue weighted by molar-refractivity contribution is 5.31. The number of aliphatic hydroxyl groups is 1. The van der Waals surface area contributed by atoms with Crippen molar-refractivity contribution in [2.24, 2.45) is 5.92 Å². The first-order valence-corrected chi connectivity index (χ1v) is 10.9. The highest BCUT2D eigenvalue weighted by atomic mass is 16.5. The molecule has 1 atom stereocenters. The highest BCUT2D eigenvalue weighted by Gasteiger charge is 2.39. The van der Waals surface area contributed by atoms with Crippen LogP contribution in [-0.2, 0) is 5.60 Å². The molecule has 1 aliphatic heterocycles. The highest BCUT2D eigenvalue weighted by Crippen LogP contribution is 2.41. The number of rotatable bonds is 7. The van der Waals surface area contributed by atoms with E-state index in [0.717, 1.165) is 37.1 Å². The first-order valence-electron chi connectivity index (χ1n) is 10.9. The van der Waals surface area contributed by atoms with Gasteiger partial charge in [-0.3, -0.25) is 0 Å². The van der Waals surface area contributed by atoms with Crippen LogP contribution in [0.1, 0.15) is 77.2 Å². The normalized spacial score (nSPS) is 22.3. The molecule has 3 rings (SSSR count). The second kappa shape index (κ2) is 9.23. The Morgan fingerprint density at radius 2 is 1.62 bits per heavy atom. The molecule has 1 saturated carbocycles. The zero-order chi connectivity index (χ0) is 18.4. The number of hydrogen-bond donors (Lipinski definition) is 2. The Hall–Kier alpha value is -1.06. The van der Waals surface area contributed by atoms with Crippen LogP contribution in [0, 0.1) is 5.92 Å². The van der Waals surface area contributed by atoms with Crippen molar-refractivity contribution in [3.8, 4) is 5.75 Å². The Morgan fingerprint density at radius 1 is 1.00 bits per heavy atom. The fraction of sp³-hybridized carbons (Fsp3) is 0.739. The number of nitrogens with one attached hydrogen (secondary N) is 1. The van der Waals surface area contributed by atoms with Crippen molar-refractivity contribution < 1.29 is 14.7 Å². The second-order valence-electron chi connectivity index (χ2n) is 8.76. The van der Waals surface area contributed by atoms with Gasteiger partial charge >= 0.3 is 0 Å². The molecule has 1 saturated heterocycles. The molecule has 2 aliphatic rings. The van der Waals surface area contributed by atoms with Gasteiger partial charge < -0.3 is 14.7 Å². The van der Waals surface area contributed by atoms with Gasteiger partial charge in [0.15, 0.2) is 0 Å². The molecule has 2 fully saturated rings. The van der Waals surface area contributed by atoms with Crippen molar-refractivity contribution in [2.75, 3.05) is 19.6 Å². The third-order valence-electron chi connectivity index (χ3n) is 6.43.